The van der Waals surface area contributed by atoms with E-state index in [1.807, 2.05) is 13.2 Å². The highest BCUT2D eigenvalue weighted by molar-refractivity contribution is 7.98. The number of carbonyl (C=O) groups excluding carboxylic acids is 2. The van der Waals surface area contributed by atoms with Crippen molar-refractivity contribution in [3.05, 3.63) is 0 Å². The van der Waals surface area contributed by atoms with Gasteiger partial charge < -0.3 is 15.8 Å². The standard InChI is InChI=1S/C11H22N2O3S/c1-4-5-8(12)10(14)13-9(6-7-17-3)11(15)16-2/h8-9H,4-7,12H2,1-3H3,(H,13,14)/t8-,9-/m1/s1. The number of carbonyl (C=O) groups is 2. The highest BCUT2D eigenvalue weighted by Gasteiger charge is 2.23. The van der Waals surface area contributed by atoms with E-state index in [0.29, 0.717) is 12.8 Å². The molecule has 0 saturated carbocycles. The molecule has 0 bridgehead atoms. The third-order valence-electron chi connectivity index (χ3n) is 2.35. The first-order valence-electron chi connectivity index (χ1n) is 5.69. The number of esters is 1. The lowest BCUT2D eigenvalue weighted by Gasteiger charge is -2.18. The van der Waals surface area contributed by atoms with Crippen LogP contribution in [0.3, 0.4) is 0 Å². The molecule has 17 heavy (non-hydrogen) atoms. The smallest absolute Gasteiger partial charge is 0.328 e. The van der Waals surface area contributed by atoms with Crippen LogP contribution >= 0.6 is 11.8 Å². The summed E-state index contributed by atoms with van der Waals surface area (Å²) in [6, 6.07) is -1.15. The van der Waals surface area contributed by atoms with Crippen LogP contribution in [-0.2, 0) is 14.3 Å². The lowest BCUT2D eigenvalue weighted by Crippen LogP contribution is -2.48. The van der Waals surface area contributed by atoms with Gasteiger partial charge in [-0.05, 0) is 24.9 Å². The molecule has 0 aromatic carbocycles. The summed E-state index contributed by atoms with van der Waals surface area (Å²) in [7, 11) is 1.31. The Labute approximate surface area is 107 Å². The van der Waals surface area contributed by atoms with Gasteiger partial charge in [-0.2, -0.15) is 11.8 Å². The lowest BCUT2D eigenvalue weighted by molar-refractivity contribution is -0.145. The first-order valence-corrected chi connectivity index (χ1v) is 7.08. The van der Waals surface area contributed by atoms with Crippen LogP contribution in [0.4, 0.5) is 0 Å². The van der Waals surface area contributed by atoms with Crippen LogP contribution in [0, 0.1) is 0 Å². The van der Waals surface area contributed by atoms with Crippen molar-refractivity contribution < 1.29 is 14.3 Å². The number of amides is 1. The first-order chi connectivity index (χ1) is 8.06. The fourth-order valence-corrected chi connectivity index (χ4v) is 1.82. The minimum Gasteiger partial charge on any atom is -0.467 e. The summed E-state index contributed by atoms with van der Waals surface area (Å²) in [4.78, 5) is 23.1. The molecule has 0 unspecified atom stereocenters. The van der Waals surface area contributed by atoms with E-state index in [0.717, 1.165) is 12.2 Å². The van der Waals surface area contributed by atoms with Gasteiger partial charge in [0.15, 0.2) is 0 Å². The highest BCUT2D eigenvalue weighted by atomic mass is 32.2. The van der Waals surface area contributed by atoms with Crippen LogP contribution in [-0.4, -0.2) is 43.1 Å². The van der Waals surface area contributed by atoms with Crippen molar-refractivity contribution in [1.82, 2.24) is 5.32 Å². The molecule has 0 heterocycles. The molecule has 0 aliphatic heterocycles. The zero-order valence-electron chi connectivity index (χ0n) is 10.7. The van der Waals surface area contributed by atoms with Crippen molar-refractivity contribution in [3.8, 4) is 0 Å². The van der Waals surface area contributed by atoms with E-state index in [9.17, 15) is 9.59 Å². The fourth-order valence-electron chi connectivity index (χ4n) is 1.35. The number of methoxy groups -OCH3 is 1. The van der Waals surface area contributed by atoms with Crippen LogP contribution in [0.25, 0.3) is 0 Å². The average Bonchev–Trinajstić information content (AvgIpc) is 2.33. The summed E-state index contributed by atoms with van der Waals surface area (Å²) in [6.45, 7) is 1.96. The van der Waals surface area contributed by atoms with Crippen LogP contribution < -0.4 is 11.1 Å². The third kappa shape index (κ3) is 6.53. The van der Waals surface area contributed by atoms with Crippen molar-refractivity contribution in [2.45, 2.75) is 38.3 Å². The molecule has 0 spiro atoms. The van der Waals surface area contributed by atoms with Crippen LogP contribution in [0.1, 0.15) is 26.2 Å². The van der Waals surface area contributed by atoms with Crippen molar-refractivity contribution >= 4 is 23.6 Å². The predicted octanol–water partition coefficient (Wildman–Crippen LogP) is 0.525. The third-order valence-corrected chi connectivity index (χ3v) is 2.99. The number of hydrogen-bond donors (Lipinski definition) is 2. The van der Waals surface area contributed by atoms with E-state index in [2.05, 4.69) is 10.1 Å². The van der Waals surface area contributed by atoms with Gasteiger partial charge in [0.2, 0.25) is 5.91 Å². The molecule has 6 heteroatoms. The van der Waals surface area contributed by atoms with Gasteiger partial charge >= 0.3 is 5.97 Å². The number of ether oxygens (including phenoxy) is 1. The van der Waals surface area contributed by atoms with Gasteiger partial charge in [0.05, 0.1) is 13.2 Å². The van der Waals surface area contributed by atoms with Crippen LogP contribution in [0.2, 0.25) is 0 Å². The minimum absolute atomic E-state index is 0.289. The summed E-state index contributed by atoms with van der Waals surface area (Å²) in [5.74, 6) is 0.0720. The number of rotatable bonds is 8. The Hall–Kier alpha value is -0.750. The molecule has 0 radical (unpaired) electrons. The average molecular weight is 262 g/mol. The maximum atomic E-state index is 11.7. The molecule has 1 amide bonds. The van der Waals surface area contributed by atoms with Crippen molar-refractivity contribution in [2.75, 3.05) is 19.1 Å². The Morgan fingerprint density at radius 3 is 2.53 bits per heavy atom. The van der Waals surface area contributed by atoms with Gasteiger partial charge in [-0.25, -0.2) is 4.79 Å². The SMILES string of the molecule is CCC[C@@H](N)C(=O)N[C@H](CCSC)C(=O)OC. The topological polar surface area (TPSA) is 81.4 Å². The summed E-state index contributed by atoms with van der Waals surface area (Å²) in [6.07, 6.45) is 3.95. The number of hydrogen-bond acceptors (Lipinski definition) is 5. The molecular formula is C11H22N2O3S. The Morgan fingerprint density at radius 2 is 2.06 bits per heavy atom. The Bertz CT molecular complexity index is 249. The summed E-state index contributed by atoms with van der Waals surface area (Å²) in [5, 5.41) is 2.64. The van der Waals surface area contributed by atoms with Crippen molar-refractivity contribution in [1.29, 1.82) is 0 Å². The van der Waals surface area contributed by atoms with Crippen molar-refractivity contribution in [2.24, 2.45) is 5.73 Å². The maximum Gasteiger partial charge on any atom is 0.328 e. The van der Waals surface area contributed by atoms with Gasteiger partial charge in [0.1, 0.15) is 6.04 Å². The molecule has 2 atom stereocenters. The molecule has 0 aliphatic rings. The number of nitrogens with one attached hydrogen (secondary N) is 1. The van der Waals surface area contributed by atoms with Gasteiger partial charge in [-0.3, -0.25) is 4.79 Å². The molecule has 0 aromatic rings. The molecule has 0 aliphatic carbocycles. The van der Waals surface area contributed by atoms with Gasteiger partial charge in [-0.1, -0.05) is 13.3 Å². The van der Waals surface area contributed by atoms with E-state index < -0.39 is 18.1 Å². The molecule has 0 fully saturated rings. The molecule has 100 valence electrons. The van der Waals surface area contributed by atoms with Crippen molar-refractivity contribution in [3.63, 3.8) is 0 Å². The Balaban J connectivity index is 4.31. The predicted molar refractivity (Wildman–Crippen MR) is 69.8 cm³/mol. The molecule has 3 N–H and O–H groups in total. The summed E-state index contributed by atoms with van der Waals surface area (Å²) >= 11 is 1.61. The molecule has 0 aromatic heterocycles. The van der Waals surface area contributed by atoms with E-state index in [-0.39, 0.29) is 5.91 Å². The zero-order valence-corrected chi connectivity index (χ0v) is 11.5. The van der Waals surface area contributed by atoms with Crippen LogP contribution in [0.5, 0.6) is 0 Å². The normalized spacial score (nSPS) is 13.9. The molecule has 0 saturated heterocycles. The van der Waals surface area contributed by atoms with Gasteiger partial charge in [0, 0.05) is 0 Å². The second-order valence-electron chi connectivity index (χ2n) is 3.76. The number of thioether (sulfide) groups is 1. The van der Waals surface area contributed by atoms with E-state index in [4.69, 9.17) is 5.73 Å². The van der Waals surface area contributed by atoms with Gasteiger partial charge in [0.25, 0.3) is 0 Å². The Morgan fingerprint density at radius 1 is 1.41 bits per heavy atom. The summed E-state index contributed by atoms with van der Waals surface area (Å²) in [5.41, 5.74) is 5.68. The van der Waals surface area contributed by atoms with Gasteiger partial charge in [-0.15, -0.1) is 0 Å². The fraction of sp³-hybridized carbons (Fsp3) is 0.818. The zero-order chi connectivity index (χ0) is 13.3. The lowest BCUT2D eigenvalue weighted by atomic mass is 10.1. The molecule has 0 rings (SSSR count). The largest absolute Gasteiger partial charge is 0.467 e. The van der Waals surface area contributed by atoms with E-state index in [1.54, 1.807) is 11.8 Å². The monoisotopic (exact) mass is 262 g/mol. The van der Waals surface area contributed by atoms with E-state index >= 15 is 0 Å². The van der Waals surface area contributed by atoms with Crippen LogP contribution in [0.15, 0.2) is 0 Å². The molecule has 5 nitrogen and oxygen atoms in total. The minimum atomic E-state index is -0.595. The Kier molecular flexibility index (Phi) is 8.89. The summed E-state index contributed by atoms with van der Waals surface area (Å²) < 4.78 is 4.65. The highest BCUT2D eigenvalue weighted by Crippen LogP contribution is 2.03. The second kappa shape index (κ2) is 9.30. The maximum absolute atomic E-state index is 11.7. The first kappa shape index (κ1) is 16.2. The quantitative estimate of drug-likeness (QED) is 0.623. The molecular weight excluding hydrogens is 240 g/mol. The number of nitrogens with two attached hydrogens (primary N) is 1. The van der Waals surface area contributed by atoms with E-state index in [1.165, 1.54) is 7.11 Å². The second-order valence-corrected chi connectivity index (χ2v) is 4.75.